The maximum absolute atomic E-state index is 13.1. The highest BCUT2D eigenvalue weighted by molar-refractivity contribution is 5.96. The minimum Gasteiger partial charge on any atom is -0.337 e. The zero-order valence-corrected chi connectivity index (χ0v) is 15.9. The van der Waals surface area contributed by atoms with Crippen molar-refractivity contribution in [2.45, 2.75) is 33.7 Å². The molecular weight excluding hydrogens is 322 g/mol. The Kier molecular flexibility index (Phi) is 5.21. The van der Waals surface area contributed by atoms with Crippen LogP contribution in [0, 0.1) is 13.8 Å². The van der Waals surface area contributed by atoms with Crippen LogP contribution < -0.4 is 0 Å². The van der Waals surface area contributed by atoms with Crippen LogP contribution in [0.4, 0.5) is 0 Å². The van der Waals surface area contributed by atoms with Crippen LogP contribution in [-0.2, 0) is 13.0 Å². The third-order valence-corrected chi connectivity index (χ3v) is 4.59. The van der Waals surface area contributed by atoms with Crippen LogP contribution in [0.15, 0.2) is 54.6 Å². The molecule has 0 aliphatic carbocycles. The number of carbonyl (C=O) groups excluding carboxylic acids is 1. The van der Waals surface area contributed by atoms with E-state index in [1.54, 1.807) is 4.90 Å². The second-order valence-electron chi connectivity index (χ2n) is 6.65. The molecule has 4 nitrogen and oxygen atoms in total. The highest BCUT2D eigenvalue weighted by Gasteiger charge is 2.23. The molecule has 26 heavy (non-hydrogen) atoms. The zero-order valence-electron chi connectivity index (χ0n) is 15.9. The van der Waals surface area contributed by atoms with Gasteiger partial charge in [-0.2, -0.15) is 5.10 Å². The third kappa shape index (κ3) is 3.54. The molecule has 3 aromatic rings. The molecule has 0 N–H and O–H groups in total. The average molecular weight is 347 g/mol. The molecule has 0 unspecified atom stereocenters. The van der Waals surface area contributed by atoms with Crippen LogP contribution in [0.25, 0.3) is 5.69 Å². The number of nitrogens with zero attached hydrogens (tertiary/aromatic N) is 3. The van der Waals surface area contributed by atoms with Gasteiger partial charge in [-0.3, -0.25) is 4.79 Å². The van der Waals surface area contributed by atoms with E-state index in [0.29, 0.717) is 12.1 Å². The van der Waals surface area contributed by atoms with Gasteiger partial charge in [0.15, 0.2) is 0 Å². The Bertz CT molecular complexity index is 895. The lowest BCUT2D eigenvalue weighted by molar-refractivity contribution is 0.0783. The van der Waals surface area contributed by atoms with E-state index in [9.17, 15) is 4.79 Å². The van der Waals surface area contributed by atoms with Crippen LogP contribution in [-0.4, -0.2) is 27.6 Å². The highest BCUT2D eigenvalue weighted by Crippen LogP contribution is 2.22. The molecule has 1 heterocycles. The lowest BCUT2D eigenvalue weighted by Gasteiger charge is -2.18. The minimum atomic E-state index is 0.0153. The van der Waals surface area contributed by atoms with Gasteiger partial charge in [-0.15, -0.1) is 0 Å². The SMILES string of the molecule is CCc1c(C(=O)N(C)Cc2ccccc2)c(C)nn1-c1ccc(C)cc1. The molecular formula is C22H25N3O. The van der Waals surface area contributed by atoms with Crippen LogP contribution in [0.5, 0.6) is 0 Å². The quantitative estimate of drug-likeness (QED) is 0.689. The van der Waals surface area contributed by atoms with Gasteiger partial charge in [0.25, 0.3) is 5.91 Å². The summed E-state index contributed by atoms with van der Waals surface area (Å²) >= 11 is 0. The van der Waals surface area contributed by atoms with E-state index in [1.165, 1.54) is 5.56 Å². The summed E-state index contributed by atoms with van der Waals surface area (Å²) in [6.07, 6.45) is 0.745. The molecule has 1 amide bonds. The number of amides is 1. The summed E-state index contributed by atoms with van der Waals surface area (Å²) in [6.45, 7) is 6.62. The van der Waals surface area contributed by atoms with E-state index in [4.69, 9.17) is 0 Å². The molecule has 0 saturated carbocycles. The van der Waals surface area contributed by atoms with Gasteiger partial charge in [0.05, 0.1) is 22.6 Å². The predicted octanol–water partition coefficient (Wildman–Crippen LogP) is 4.32. The van der Waals surface area contributed by atoms with Crippen molar-refractivity contribution in [3.05, 3.63) is 82.7 Å². The molecule has 0 saturated heterocycles. The van der Waals surface area contributed by atoms with Crippen molar-refractivity contribution in [3.63, 3.8) is 0 Å². The number of hydrogen-bond acceptors (Lipinski definition) is 2. The Morgan fingerprint density at radius 2 is 1.69 bits per heavy atom. The van der Waals surface area contributed by atoms with Crippen molar-refractivity contribution >= 4 is 5.91 Å². The number of aromatic nitrogens is 2. The summed E-state index contributed by atoms with van der Waals surface area (Å²) in [4.78, 5) is 14.9. The predicted molar refractivity (Wildman–Crippen MR) is 105 cm³/mol. The van der Waals surface area contributed by atoms with Gasteiger partial charge in [0.1, 0.15) is 0 Å². The van der Waals surface area contributed by atoms with Crippen molar-refractivity contribution in [2.24, 2.45) is 0 Å². The summed E-state index contributed by atoms with van der Waals surface area (Å²) in [5.74, 6) is 0.0153. The summed E-state index contributed by atoms with van der Waals surface area (Å²) < 4.78 is 1.90. The molecule has 0 fully saturated rings. The second kappa shape index (κ2) is 7.56. The van der Waals surface area contributed by atoms with E-state index in [-0.39, 0.29) is 5.91 Å². The number of rotatable bonds is 5. The van der Waals surface area contributed by atoms with E-state index < -0.39 is 0 Å². The number of aryl methyl sites for hydroxylation is 2. The van der Waals surface area contributed by atoms with E-state index in [1.807, 2.05) is 61.1 Å². The highest BCUT2D eigenvalue weighted by atomic mass is 16.2. The molecule has 3 rings (SSSR count). The molecule has 0 bridgehead atoms. The lowest BCUT2D eigenvalue weighted by atomic mass is 10.1. The summed E-state index contributed by atoms with van der Waals surface area (Å²) in [5, 5.41) is 4.66. The fraction of sp³-hybridized carbons (Fsp3) is 0.273. The molecule has 0 radical (unpaired) electrons. The van der Waals surface area contributed by atoms with Crippen molar-refractivity contribution in [3.8, 4) is 5.69 Å². The van der Waals surface area contributed by atoms with Crippen LogP contribution in [0.3, 0.4) is 0 Å². The molecule has 2 aromatic carbocycles. The Hall–Kier alpha value is -2.88. The number of carbonyl (C=O) groups is 1. The fourth-order valence-corrected chi connectivity index (χ4v) is 3.20. The molecule has 1 aromatic heterocycles. The van der Waals surface area contributed by atoms with Gasteiger partial charge in [0.2, 0.25) is 0 Å². The summed E-state index contributed by atoms with van der Waals surface area (Å²) in [5.41, 5.74) is 5.75. The lowest BCUT2D eigenvalue weighted by Crippen LogP contribution is -2.27. The first-order chi connectivity index (χ1) is 12.5. The van der Waals surface area contributed by atoms with Crippen molar-refractivity contribution < 1.29 is 4.79 Å². The Labute approximate surface area is 155 Å². The van der Waals surface area contributed by atoms with E-state index >= 15 is 0 Å². The molecule has 0 atom stereocenters. The Balaban J connectivity index is 1.94. The Morgan fingerprint density at radius 3 is 2.31 bits per heavy atom. The number of benzene rings is 2. The van der Waals surface area contributed by atoms with Gasteiger partial charge in [-0.05, 0) is 38.0 Å². The smallest absolute Gasteiger partial charge is 0.257 e. The Morgan fingerprint density at radius 1 is 1.04 bits per heavy atom. The van der Waals surface area contributed by atoms with Gasteiger partial charge >= 0.3 is 0 Å². The van der Waals surface area contributed by atoms with Gasteiger partial charge in [0, 0.05) is 13.6 Å². The van der Waals surface area contributed by atoms with Crippen LogP contribution in [0.2, 0.25) is 0 Å². The van der Waals surface area contributed by atoms with Gasteiger partial charge in [-0.1, -0.05) is 55.0 Å². The fourth-order valence-electron chi connectivity index (χ4n) is 3.20. The topological polar surface area (TPSA) is 38.1 Å². The molecule has 0 aliphatic heterocycles. The first-order valence-electron chi connectivity index (χ1n) is 8.96. The maximum Gasteiger partial charge on any atom is 0.257 e. The monoisotopic (exact) mass is 347 g/mol. The van der Waals surface area contributed by atoms with Crippen molar-refractivity contribution in [2.75, 3.05) is 7.05 Å². The average Bonchev–Trinajstić information content (AvgIpc) is 2.98. The van der Waals surface area contributed by atoms with Crippen molar-refractivity contribution in [1.29, 1.82) is 0 Å². The molecule has 4 heteroatoms. The first kappa shape index (κ1) is 17.9. The molecule has 0 aliphatic rings. The minimum absolute atomic E-state index is 0.0153. The van der Waals surface area contributed by atoms with Crippen molar-refractivity contribution in [1.82, 2.24) is 14.7 Å². The maximum atomic E-state index is 13.1. The third-order valence-electron chi connectivity index (χ3n) is 4.59. The number of hydrogen-bond donors (Lipinski definition) is 0. The second-order valence-corrected chi connectivity index (χ2v) is 6.65. The molecule has 134 valence electrons. The summed E-state index contributed by atoms with van der Waals surface area (Å²) in [6, 6.07) is 18.3. The van der Waals surface area contributed by atoms with Gasteiger partial charge in [-0.25, -0.2) is 4.68 Å². The largest absolute Gasteiger partial charge is 0.337 e. The molecule has 0 spiro atoms. The zero-order chi connectivity index (χ0) is 18.7. The normalized spacial score (nSPS) is 10.8. The summed E-state index contributed by atoms with van der Waals surface area (Å²) in [7, 11) is 1.84. The van der Waals surface area contributed by atoms with Crippen LogP contribution >= 0.6 is 0 Å². The van der Waals surface area contributed by atoms with Gasteiger partial charge < -0.3 is 4.90 Å². The first-order valence-corrected chi connectivity index (χ1v) is 8.96. The standard InChI is InChI=1S/C22H25N3O/c1-5-20-21(22(26)24(4)15-18-9-7-6-8-10-18)17(3)23-25(20)19-13-11-16(2)12-14-19/h6-14H,5,15H2,1-4H3. The van der Waals surface area contributed by atoms with E-state index in [2.05, 4.69) is 31.1 Å². The van der Waals surface area contributed by atoms with Crippen LogP contribution in [0.1, 0.15) is 39.8 Å². The van der Waals surface area contributed by atoms with E-state index in [0.717, 1.165) is 29.1 Å².